The number of nitrogens with one attached hydrogen (secondary N) is 1. The molecule has 0 fully saturated rings. The number of fused-ring (bicyclic) bond motifs is 4. The highest BCUT2D eigenvalue weighted by molar-refractivity contribution is 6.11. The van der Waals surface area contributed by atoms with Crippen LogP contribution in [0.2, 0.25) is 0 Å². The second-order valence-electron chi connectivity index (χ2n) is 6.58. The van der Waals surface area contributed by atoms with Crippen LogP contribution in [0.3, 0.4) is 0 Å². The molecule has 0 amide bonds. The first-order valence-electron chi connectivity index (χ1n) is 8.89. The van der Waals surface area contributed by atoms with Crippen LogP contribution in [0.1, 0.15) is 0 Å². The second-order valence-corrected chi connectivity index (χ2v) is 6.58. The summed E-state index contributed by atoms with van der Waals surface area (Å²) >= 11 is 0. The number of anilines is 2. The molecule has 4 nitrogen and oxygen atoms in total. The molecule has 0 unspecified atom stereocenters. The van der Waals surface area contributed by atoms with Gasteiger partial charge >= 0.3 is 0 Å². The molecule has 0 aliphatic heterocycles. The average Bonchev–Trinajstić information content (AvgIpc) is 3.11. The lowest BCUT2D eigenvalue weighted by Gasteiger charge is -2.11. The van der Waals surface area contributed by atoms with Crippen LogP contribution >= 0.6 is 0 Å². The number of nitrogens with zero attached hydrogens (tertiary/aromatic N) is 1. The smallest absolute Gasteiger partial charge is 0.261 e. The summed E-state index contributed by atoms with van der Waals surface area (Å²) in [6, 6.07) is 24.4. The summed E-state index contributed by atoms with van der Waals surface area (Å²) in [5.41, 5.74) is 5.86. The van der Waals surface area contributed by atoms with Gasteiger partial charge in [-0.1, -0.05) is 30.3 Å². The molecule has 0 radical (unpaired) electrons. The van der Waals surface area contributed by atoms with Gasteiger partial charge in [-0.15, -0.1) is 0 Å². The van der Waals surface area contributed by atoms with E-state index in [1.54, 1.807) is 7.11 Å². The zero-order chi connectivity index (χ0) is 18.4. The first-order chi connectivity index (χ1) is 13.3. The van der Waals surface area contributed by atoms with Crippen molar-refractivity contribution in [2.24, 2.45) is 7.05 Å². The van der Waals surface area contributed by atoms with Gasteiger partial charge in [-0.3, -0.25) is 0 Å². The van der Waals surface area contributed by atoms with Crippen LogP contribution in [0.5, 0.6) is 5.75 Å². The number of benzene rings is 3. The van der Waals surface area contributed by atoms with Crippen LogP contribution in [-0.4, -0.2) is 7.11 Å². The molecule has 0 saturated carbocycles. The quantitative estimate of drug-likeness (QED) is 0.317. The summed E-state index contributed by atoms with van der Waals surface area (Å²) in [5, 5.41) is 5.78. The van der Waals surface area contributed by atoms with Crippen molar-refractivity contribution in [1.29, 1.82) is 0 Å². The minimum Gasteiger partial charge on any atom is -1.00 e. The van der Waals surface area contributed by atoms with E-state index in [4.69, 9.17) is 9.15 Å². The molecule has 0 bridgehead atoms. The fourth-order valence-electron chi connectivity index (χ4n) is 3.72. The summed E-state index contributed by atoms with van der Waals surface area (Å²) in [5.74, 6) is 0.812. The van der Waals surface area contributed by atoms with Gasteiger partial charge in [0, 0.05) is 17.8 Å². The number of para-hydroxylation sites is 2. The van der Waals surface area contributed by atoms with E-state index in [1.807, 2.05) is 48.5 Å². The van der Waals surface area contributed by atoms with Crippen molar-refractivity contribution >= 4 is 44.3 Å². The highest BCUT2D eigenvalue weighted by Gasteiger charge is 2.24. The summed E-state index contributed by atoms with van der Waals surface area (Å²) in [4.78, 5) is 0. The van der Waals surface area contributed by atoms with Crippen molar-refractivity contribution in [3.8, 4) is 5.75 Å². The Balaban J connectivity index is 0.00000192. The van der Waals surface area contributed by atoms with Gasteiger partial charge in [0.25, 0.3) is 5.52 Å². The molecule has 0 spiro atoms. The number of hydrogen-bond donors (Lipinski definition) is 1. The standard InChI is InChI=1S/C23H18N2O2.HI/c1-25-19-12-5-3-10-17(19)21(24-15-8-7-9-16(14-15)26-2)23-22(25)18-11-4-6-13-20(18)27-23;/h3-14H,1-2H3;1H. The minimum absolute atomic E-state index is 0. The number of aromatic nitrogens is 1. The summed E-state index contributed by atoms with van der Waals surface area (Å²) in [7, 11) is 3.76. The molecule has 0 aliphatic carbocycles. The topological polar surface area (TPSA) is 38.3 Å². The van der Waals surface area contributed by atoms with Crippen molar-refractivity contribution in [3.63, 3.8) is 0 Å². The Hall–Kier alpha value is -2.80. The fourth-order valence-corrected chi connectivity index (χ4v) is 3.72. The molecule has 28 heavy (non-hydrogen) atoms. The van der Waals surface area contributed by atoms with Crippen molar-refractivity contribution in [2.75, 3.05) is 12.4 Å². The van der Waals surface area contributed by atoms with Crippen LogP contribution in [0.4, 0.5) is 11.4 Å². The van der Waals surface area contributed by atoms with E-state index in [-0.39, 0.29) is 24.0 Å². The maximum atomic E-state index is 6.29. The van der Waals surface area contributed by atoms with Crippen molar-refractivity contribution in [2.45, 2.75) is 0 Å². The van der Waals surface area contributed by atoms with E-state index in [1.165, 1.54) is 0 Å². The number of halogens is 1. The van der Waals surface area contributed by atoms with Crippen LogP contribution in [0, 0.1) is 0 Å². The van der Waals surface area contributed by atoms with Crippen molar-refractivity contribution in [1.82, 2.24) is 0 Å². The molecule has 0 aliphatic rings. The number of pyridine rings is 1. The predicted octanol–water partition coefficient (Wildman–Crippen LogP) is 2.32. The zero-order valence-electron chi connectivity index (χ0n) is 15.6. The Morgan fingerprint density at radius 2 is 1.64 bits per heavy atom. The molecule has 5 aromatic rings. The molecule has 2 aromatic heterocycles. The number of hydrogen-bond acceptors (Lipinski definition) is 3. The molecular weight excluding hydrogens is 463 g/mol. The third kappa shape index (κ3) is 2.86. The van der Waals surface area contributed by atoms with Gasteiger partial charge in [0.2, 0.25) is 11.1 Å². The molecule has 3 aromatic carbocycles. The van der Waals surface area contributed by atoms with Gasteiger partial charge < -0.3 is 38.4 Å². The van der Waals surface area contributed by atoms with Gasteiger partial charge in [-0.05, 0) is 30.3 Å². The van der Waals surface area contributed by atoms with Gasteiger partial charge in [0.1, 0.15) is 24.1 Å². The number of furan rings is 1. The SMILES string of the molecule is COc1cccc(Nc2c3ccccc3[n+](C)c3c2oc2ccccc23)c1.[I-]. The molecular formula is C23H19IN2O2. The first-order valence-corrected chi connectivity index (χ1v) is 8.89. The molecule has 5 rings (SSSR count). The van der Waals surface area contributed by atoms with Crippen LogP contribution in [-0.2, 0) is 7.05 Å². The summed E-state index contributed by atoms with van der Waals surface area (Å²) < 4.78 is 13.9. The Bertz CT molecular complexity index is 1310. The maximum absolute atomic E-state index is 6.29. The van der Waals surface area contributed by atoms with Gasteiger partial charge in [0.15, 0.2) is 0 Å². The molecule has 0 saturated heterocycles. The number of methoxy groups -OCH3 is 1. The van der Waals surface area contributed by atoms with Crippen LogP contribution in [0.25, 0.3) is 33.0 Å². The van der Waals surface area contributed by atoms with E-state index >= 15 is 0 Å². The second kappa shape index (κ2) is 7.31. The van der Waals surface area contributed by atoms with Crippen LogP contribution < -0.4 is 38.6 Å². The number of aryl methyl sites for hydroxylation is 1. The lowest BCUT2D eigenvalue weighted by molar-refractivity contribution is -0.616. The van der Waals surface area contributed by atoms with E-state index in [0.717, 1.165) is 50.1 Å². The lowest BCUT2D eigenvalue weighted by Crippen LogP contribution is -3.00. The summed E-state index contributed by atoms with van der Waals surface area (Å²) in [6.07, 6.45) is 0. The van der Waals surface area contributed by atoms with Gasteiger partial charge in [-0.2, -0.15) is 4.57 Å². The minimum atomic E-state index is 0. The summed E-state index contributed by atoms with van der Waals surface area (Å²) in [6.45, 7) is 0. The zero-order valence-corrected chi connectivity index (χ0v) is 17.7. The third-order valence-corrected chi connectivity index (χ3v) is 5.01. The van der Waals surface area contributed by atoms with E-state index in [2.05, 4.69) is 41.2 Å². The highest BCUT2D eigenvalue weighted by atomic mass is 127. The highest BCUT2D eigenvalue weighted by Crippen LogP contribution is 2.37. The van der Waals surface area contributed by atoms with E-state index in [0.29, 0.717) is 0 Å². The molecule has 5 heteroatoms. The van der Waals surface area contributed by atoms with E-state index < -0.39 is 0 Å². The van der Waals surface area contributed by atoms with Crippen LogP contribution in [0.15, 0.2) is 77.2 Å². The molecule has 140 valence electrons. The molecule has 1 N–H and O–H groups in total. The Kier molecular flexibility index (Phi) is 4.85. The van der Waals surface area contributed by atoms with E-state index in [9.17, 15) is 0 Å². The largest absolute Gasteiger partial charge is 1.00 e. The number of ether oxygens (including phenoxy) is 1. The molecule has 2 heterocycles. The van der Waals surface area contributed by atoms with Crippen molar-refractivity contribution < 1.29 is 37.7 Å². The van der Waals surface area contributed by atoms with Crippen molar-refractivity contribution in [3.05, 3.63) is 72.8 Å². The van der Waals surface area contributed by atoms with Gasteiger partial charge in [0.05, 0.1) is 17.9 Å². The third-order valence-electron chi connectivity index (χ3n) is 5.01. The predicted molar refractivity (Wildman–Crippen MR) is 109 cm³/mol. The number of rotatable bonds is 3. The fraction of sp³-hybridized carbons (Fsp3) is 0.0870. The first kappa shape index (κ1) is 18.6. The normalized spacial score (nSPS) is 10.9. The Morgan fingerprint density at radius 1 is 0.893 bits per heavy atom. The maximum Gasteiger partial charge on any atom is 0.261 e. The monoisotopic (exact) mass is 482 g/mol. The Labute approximate surface area is 179 Å². The Morgan fingerprint density at radius 3 is 2.46 bits per heavy atom. The van der Waals surface area contributed by atoms with Gasteiger partial charge in [-0.25, -0.2) is 0 Å². The molecule has 0 atom stereocenters. The lowest BCUT2D eigenvalue weighted by atomic mass is 10.1. The average molecular weight is 482 g/mol.